The van der Waals surface area contributed by atoms with Gasteiger partial charge in [0.1, 0.15) is 5.78 Å². The van der Waals surface area contributed by atoms with Crippen LogP contribution in [0.25, 0.3) is 0 Å². The molecule has 0 radical (unpaired) electrons. The molecule has 3 unspecified atom stereocenters. The Morgan fingerprint density at radius 1 is 1.12 bits per heavy atom. The smallest absolute Gasteiger partial charge is 0.142 e. The molecule has 0 spiro atoms. The zero-order valence-corrected chi connectivity index (χ0v) is 17.4. The molecule has 0 aliphatic heterocycles. The molecule has 3 nitrogen and oxygen atoms in total. The molecule has 4 fully saturated rings. The Bertz CT molecular complexity index is 584. The molecule has 8 atom stereocenters. The molecular formula is C23H38O3. The third-order valence-corrected chi connectivity index (χ3v) is 9.61. The second-order valence-electron chi connectivity index (χ2n) is 10.8. The Balaban J connectivity index is 1.82. The third kappa shape index (κ3) is 2.42. The van der Waals surface area contributed by atoms with Crippen LogP contribution in [0.2, 0.25) is 0 Å². The minimum atomic E-state index is -0.418. The maximum absolute atomic E-state index is 13.8. The number of carbonyl (C=O) groups is 1. The van der Waals surface area contributed by atoms with E-state index in [-0.39, 0.29) is 28.3 Å². The van der Waals surface area contributed by atoms with Crippen molar-refractivity contribution in [2.45, 2.75) is 91.3 Å². The van der Waals surface area contributed by atoms with Crippen LogP contribution in [0, 0.1) is 39.9 Å². The standard InChI is InChI=1S/C23H38O3/c1-14-8-10-23-11-9-17(26-5)19(23)22(14,4)18(24)13-21(3,12-16-6-7-16)20(25)15(23)2/h14-19,24H,6-13H2,1-5H3/t14-,15+,17?,18-,19?,21-,22+,23?/m1/s1. The number of rotatable bonds is 3. The van der Waals surface area contributed by atoms with Gasteiger partial charge in [0.15, 0.2) is 0 Å². The zero-order valence-electron chi connectivity index (χ0n) is 17.4. The maximum Gasteiger partial charge on any atom is 0.142 e. The first-order valence-electron chi connectivity index (χ1n) is 10.9. The van der Waals surface area contributed by atoms with Crippen LogP contribution in [0.4, 0.5) is 0 Å². The van der Waals surface area contributed by atoms with E-state index in [0.29, 0.717) is 30.0 Å². The fraction of sp³-hybridized carbons (Fsp3) is 0.957. The molecule has 0 saturated heterocycles. The maximum atomic E-state index is 13.8. The summed E-state index contributed by atoms with van der Waals surface area (Å²) < 4.78 is 5.96. The van der Waals surface area contributed by atoms with Crippen molar-refractivity contribution < 1.29 is 14.6 Å². The van der Waals surface area contributed by atoms with Crippen LogP contribution >= 0.6 is 0 Å². The van der Waals surface area contributed by atoms with Gasteiger partial charge in [0.05, 0.1) is 12.2 Å². The molecule has 148 valence electrons. The lowest BCUT2D eigenvalue weighted by atomic mass is 9.43. The second-order valence-corrected chi connectivity index (χ2v) is 10.8. The topological polar surface area (TPSA) is 46.5 Å². The Morgan fingerprint density at radius 3 is 2.38 bits per heavy atom. The Kier molecular flexibility index (Phi) is 4.40. The van der Waals surface area contributed by atoms with Gasteiger partial charge >= 0.3 is 0 Å². The number of carbonyl (C=O) groups excluding carboxylic acids is 1. The van der Waals surface area contributed by atoms with Crippen LogP contribution < -0.4 is 0 Å². The van der Waals surface area contributed by atoms with Gasteiger partial charge in [-0.1, -0.05) is 40.5 Å². The molecule has 0 aromatic carbocycles. The molecule has 4 rings (SSSR count). The summed E-state index contributed by atoms with van der Waals surface area (Å²) in [6.07, 6.45) is 8.26. The van der Waals surface area contributed by atoms with Gasteiger partial charge in [0.25, 0.3) is 0 Å². The van der Waals surface area contributed by atoms with Crippen LogP contribution in [-0.4, -0.2) is 30.2 Å². The van der Waals surface area contributed by atoms with E-state index in [4.69, 9.17) is 4.74 Å². The van der Waals surface area contributed by atoms with Crippen molar-refractivity contribution in [2.75, 3.05) is 7.11 Å². The van der Waals surface area contributed by atoms with Crippen molar-refractivity contribution in [3.05, 3.63) is 0 Å². The lowest BCUT2D eigenvalue weighted by Gasteiger charge is -2.61. The minimum absolute atomic E-state index is 0.0191. The number of aliphatic hydroxyl groups is 1. The molecular weight excluding hydrogens is 324 g/mol. The highest BCUT2D eigenvalue weighted by Gasteiger charge is 2.67. The van der Waals surface area contributed by atoms with Crippen molar-refractivity contribution in [1.29, 1.82) is 0 Å². The number of ether oxygens (including phenoxy) is 1. The molecule has 4 aliphatic carbocycles. The summed E-state index contributed by atoms with van der Waals surface area (Å²) in [6.45, 7) is 9.02. The van der Waals surface area contributed by atoms with Crippen molar-refractivity contribution in [2.24, 2.45) is 39.9 Å². The van der Waals surface area contributed by atoms with Gasteiger partial charge < -0.3 is 9.84 Å². The Labute approximate surface area is 159 Å². The summed E-state index contributed by atoms with van der Waals surface area (Å²) >= 11 is 0. The Hall–Kier alpha value is -0.410. The average molecular weight is 363 g/mol. The average Bonchev–Trinajstić information content (AvgIpc) is 3.32. The molecule has 1 N–H and O–H groups in total. The Morgan fingerprint density at radius 2 is 1.77 bits per heavy atom. The van der Waals surface area contributed by atoms with E-state index < -0.39 is 6.10 Å². The highest BCUT2D eigenvalue weighted by molar-refractivity contribution is 5.87. The normalized spacial score (nSPS) is 54.5. The SMILES string of the molecule is COC1CCC23CC[C@@H](C)[C@](C)(C12)[C@H](O)C[C@@](C)(CC1CC1)C(=O)[C@@H]3C. The minimum Gasteiger partial charge on any atom is -0.393 e. The first-order valence-corrected chi connectivity index (χ1v) is 10.9. The lowest BCUT2D eigenvalue weighted by Crippen LogP contribution is -2.62. The van der Waals surface area contributed by atoms with Gasteiger partial charge in [0.2, 0.25) is 0 Å². The molecule has 0 amide bonds. The quantitative estimate of drug-likeness (QED) is 0.797. The number of ketones is 1. The van der Waals surface area contributed by atoms with E-state index in [0.717, 1.165) is 32.1 Å². The third-order valence-electron chi connectivity index (χ3n) is 9.61. The summed E-state index contributed by atoms with van der Waals surface area (Å²) in [5, 5.41) is 11.6. The van der Waals surface area contributed by atoms with E-state index >= 15 is 0 Å². The summed E-state index contributed by atoms with van der Waals surface area (Å²) in [4.78, 5) is 13.8. The largest absolute Gasteiger partial charge is 0.393 e. The van der Waals surface area contributed by atoms with Gasteiger partial charge in [-0.3, -0.25) is 4.79 Å². The summed E-state index contributed by atoms with van der Waals surface area (Å²) in [7, 11) is 1.82. The number of methoxy groups -OCH3 is 1. The van der Waals surface area contributed by atoms with Gasteiger partial charge in [-0.2, -0.15) is 0 Å². The summed E-state index contributed by atoms with van der Waals surface area (Å²) in [5.41, 5.74) is -0.498. The molecule has 26 heavy (non-hydrogen) atoms. The molecule has 3 heteroatoms. The predicted octanol–water partition coefficient (Wildman–Crippen LogP) is 4.61. The summed E-state index contributed by atoms with van der Waals surface area (Å²) in [5.74, 6) is 1.98. The van der Waals surface area contributed by atoms with Crippen LogP contribution in [0.1, 0.15) is 79.1 Å². The number of aliphatic hydroxyl groups excluding tert-OH is 1. The number of hydrogen-bond donors (Lipinski definition) is 1. The molecule has 4 aliphatic rings. The number of hydrogen-bond acceptors (Lipinski definition) is 3. The zero-order chi connectivity index (χ0) is 18.9. The monoisotopic (exact) mass is 362 g/mol. The van der Waals surface area contributed by atoms with Gasteiger partial charge in [-0.05, 0) is 61.7 Å². The number of Topliss-reactive ketones (excluding diaryl/α,β-unsaturated/α-hetero) is 1. The first kappa shape index (κ1) is 18.9. The predicted molar refractivity (Wildman–Crippen MR) is 103 cm³/mol. The molecule has 0 aromatic heterocycles. The summed E-state index contributed by atoms with van der Waals surface area (Å²) in [6, 6.07) is 0. The molecule has 4 saturated carbocycles. The van der Waals surface area contributed by atoms with E-state index in [1.165, 1.54) is 12.8 Å². The van der Waals surface area contributed by atoms with Crippen molar-refractivity contribution >= 4 is 5.78 Å². The molecule has 0 heterocycles. The van der Waals surface area contributed by atoms with Crippen LogP contribution in [0.3, 0.4) is 0 Å². The van der Waals surface area contributed by atoms with E-state index in [2.05, 4.69) is 27.7 Å². The van der Waals surface area contributed by atoms with Crippen molar-refractivity contribution in [3.63, 3.8) is 0 Å². The fourth-order valence-corrected chi connectivity index (χ4v) is 7.67. The van der Waals surface area contributed by atoms with E-state index in [9.17, 15) is 9.90 Å². The van der Waals surface area contributed by atoms with E-state index in [1.807, 2.05) is 7.11 Å². The van der Waals surface area contributed by atoms with Gasteiger partial charge in [-0.25, -0.2) is 0 Å². The van der Waals surface area contributed by atoms with Crippen LogP contribution in [0.15, 0.2) is 0 Å². The molecule has 0 aromatic rings. The van der Waals surface area contributed by atoms with Crippen molar-refractivity contribution in [3.8, 4) is 0 Å². The van der Waals surface area contributed by atoms with Gasteiger partial charge in [0, 0.05) is 23.9 Å². The van der Waals surface area contributed by atoms with Gasteiger partial charge in [-0.15, -0.1) is 0 Å². The highest BCUT2D eigenvalue weighted by atomic mass is 16.5. The van der Waals surface area contributed by atoms with E-state index in [1.54, 1.807) is 0 Å². The first-order chi connectivity index (χ1) is 12.2. The second kappa shape index (κ2) is 6.04. The van der Waals surface area contributed by atoms with Crippen LogP contribution in [0.5, 0.6) is 0 Å². The van der Waals surface area contributed by atoms with Crippen LogP contribution in [-0.2, 0) is 9.53 Å². The fourth-order valence-electron chi connectivity index (χ4n) is 7.67. The lowest BCUT2D eigenvalue weighted by molar-refractivity contribution is -0.192. The molecule has 2 bridgehead atoms. The van der Waals surface area contributed by atoms with Crippen molar-refractivity contribution in [1.82, 2.24) is 0 Å². The highest BCUT2D eigenvalue weighted by Crippen LogP contribution is 2.68.